The van der Waals surface area contributed by atoms with Crippen LogP contribution >= 0.6 is 0 Å². The predicted molar refractivity (Wildman–Crippen MR) is 200 cm³/mol. The normalized spacial score (nSPS) is 20.2. The number of allylic oxidation sites excluding steroid dienone is 4. The third-order valence-electron chi connectivity index (χ3n) is 10.3. The molecule has 0 fully saturated rings. The van der Waals surface area contributed by atoms with Crippen molar-refractivity contribution in [3.63, 3.8) is 0 Å². The van der Waals surface area contributed by atoms with Crippen LogP contribution in [0.1, 0.15) is 48.9 Å². The molecule has 8 heteroatoms. The maximum absolute atomic E-state index is 11.9. The van der Waals surface area contributed by atoms with Gasteiger partial charge in [-0.25, -0.2) is 0 Å². The topological polar surface area (TPSA) is 99.3 Å². The first kappa shape index (κ1) is 35.2. The van der Waals surface area contributed by atoms with E-state index in [0.717, 1.165) is 56.5 Å². The molecule has 2 aliphatic heterocycles. The molecule has 2 atom stereocenters. The fraction of sp³-hybridized carbons (Fsp3) is 0.279. The Hall–Kier alpha value is -5.63. The van der Waals surface area contributed by atoms with Gasteiger partial charge in [0, 0.05) is 41.1 Å². The highest BCUT2D eigenvalue weighted by molar-refractivity contribution is 6.04. The molecule has 0 aliphatic carbocycles. The van der Waals surface area contributed by atoms with E-state index >= 15 is 0 Å². The Balaban J connectivity index is 1.52. The molecule has 0 bridgehead atoms. The van der Waals surface area contributed by atoms with Crippen molar-refractivity contribution in [1.29, 1.82) is 0 Å². The Morgan fingerprint density at radius 3 is 1.90 bits per heavy atom. The van der Waals surface area contributed by atoms with Gasteiger partial charge in [-0.2, -0.15) is 4.58 Å². The number of carbonyl (C=O) groups is 2. The number of rotatable bonds is 14. The summed E-state index contributed by atoms with van der Waals surface area (Å²) in [5.74, 6) is -0.249. The Morgan fingerprint density at radius 2 is 1.31 bits per heavy atom. The van der Waals surface area contributed by atoms with E-state index in [1.54, 1.807) is 14.2 Å². The van der Waals surface area contributed by atoms with Gasteiger partial charge in [0.05, 0.1) is 26.1 Å². The first-order valence-electron chi connectivity index (χ1n) is 17.3. The number of anilines is 1. The molecule has 2 unspecified atom stereocenters. The van der Waals surface area contributed by atoms with E-state index in [9.17, 15) is 19.8 Å². The van der Waals surface area contributed by atoms with E-state index in [1.807, 2.05) is 66.7 Å². The molecule has 2 N–H and O–H groups in total. The number of aliphatic carboxylic acids is 2. The minimum atomic E-state index is -0.864. The summed E-state index contributed by atoms with van der Waals surface area (Å²) in [5, 5.41) is 19.5. The third-order valence-corrected chi connectivity index (χ3v) is 10.3. The van der Waals surface area contributed by atoms with Crippen molar-refractivity contribution in [1.82, 2.24) is 0 Å². The van der Waals surface area contributed by atoms with Crippen LogP contribution in [0.3, 0.4) is 0 Å². The average Bonchev–Trinajstić information content (AvgIpc) is 3.49. The van der Waals surface area contributed by atoms with Gasteiger partial charge in [0.2, 0.25) is 5.69 Å². The summed E-state index contributed by atoms with van der Waals surface area (Å²) >= 11 is 0. The summed E-state index contributed by atoms with van der Waals surface area (Å²) in [6.07, 6.45) is 7.58. The summed E-state index contributed by atoms with van der Waals surface area (Å²) in [4.78, 5) is 25.9. The van der Waals surface area contributed by atoms with Gasteiger partial charge in [0.1, 0.15) is 17.9 Å². The SMILES string of the molecule is COc1ccc2c(c1)C(C)(Cc1ccccc1)C(/C=C/C=C1/N(CCC(=O)O)c3ccc(OC)cc3C1(C)Cc1ccccc1)=[N+]2CCC(=O)O. The van der Waals surface area contributed by atoms with Crippen LogP contribution in [0.5, 0.6) is 11.5 Å². The van der Waals surface area contributed by atoms with Gasteiger partial charge in [0.15, 0.2) is 12.3 Å². The van der Waals surface area contributed by atoms with Crippen LogP contribution in [0.25, 0.3) is 0 Å². The average molecular weight is 686 g/mol. The number of carboxylic acids is 2. The van der Waals surface area contributed by atoms with Crippen LogP contribution in [-0.2, 0) is 33.3 Å². The lowest BCUT2D eigenvalue weighted by Gasteiger charge is -2.30. The summed E-state index contributed by atoms with van der Waals surface area (Å²) in [5.41, 5.74) is 7.31. The highest BCUT2D eigenvalue weighted by Crippen LogP contribution is 2.51. The van der Waals surface area contributed by atoms with E-state index in [-0.39, 0.29) is 12.8 Å². The zero-order chi connectivity index (χ0) is 36.2. The van der Waals surface area contributed by atoms with Crippen LogP contribution in [-0.4, -0.2) is 59.7 Å². The van der Waals surface area contributed by atoms with Crippen molar-refractivity contribution in [2.75, 3.05) is 32.2 Å². The Kier molecular flexibility index (Phi) is 10.1. The van der Waals surface area contributed by atoms with Crippen LogP contribution in [0.15, 0.2) is 121 Å². The molecular formula is C43H45N2O6+. The van der Waals surface area contributed by atoms with Gasteiger partial charge in [-0.1, -0.05) is 66.7 Å². The van der Waals surface area contributed by atoms with Crippen LogP contribution in [0.4, 0.5) is 11.4 Å². The first-order chi connectivity index (χ1) is 24.6. The summed E-state index contributed by atoms with van der Waals surface area (Å²) in [6.45, 7) is 5.03. The van der Waals surface area contributed by atoms with Crippen LogP contribution in [0.2, 0.25) is 0 Å². The number of methoxy groups -OCH3 is 2. The maximum atomic E-state index is 11.9. The number of hydrogen-bond donors (Lipinski definition) is 2. The number of carboxylic acid groups (broad SMARTS) is 2. The molecule has 2 aliphatic rings. The second-order valence-corrected chi connectivity index (χ2v) is 13.6. The van der Waals surface area contributed by atoms with E-state index in [2.05, 4.69) is 71.9 Å². The number of ether oxygens (including phenoxy) is 2. The Morgan fingerprint density at radius 1 is 0.745 bits per heavy atom. The number of benzene rings is 4. The van der Waals surface area contributed by atoms with Gasteiger partial charge >= 0.3 is 11.9 Å². The van der Waals surface area contributed by atoms with Crippen molar-refractivity contribution in [3.8, 4) is 11.5 Å². The molecule has 4 aromatic carbocycles. The van der Waals surface area contributed by atoms with Crippen LogP contribution < -0.4 is 14.4 Å². The van der Waals surface area contributed by atoms with Gasteiger partial charge in [-0.15, -0.1) is 0 Å². The quantitative estimate of drug-likeness (QED) is 0.131. The molecule has 6 rings (SSSR count). The third kappa shape index (κ3) is 7.04. The van der Waals surface area contributed by atoms with Gasteiger partial charge in [-0.3, -0.25) is 9.59 Å². The Labute approximate surface area is 299 Å². The largest absolute Gasteiger partial charge is 0.497 e. The molecule has 0 saturated heterocycles. The minimum absolute atomic E-state index is 0.0272. The summed E-state index contributed by atoms with van der Waals surface area (Å²) in [6, 6.07) is 32.6. The molecule has 8 nitrogen and oxygen atoms in total. The lowest BCUT2D eigenvalue weighted by Crippen LogP contribution is -2.34. The molecule has 0 amide bonds. The fourth-order valence-corrected chi connectivity index (χ4v) is 7.82. The van der Waals surface area contributed by atoms with E-state index < -0.39 is 22.8 Å². The lowest BCUT2D eigenvalue weighted by molar-refractivity contribution is -0.436. The molecule has 0 aromatic heterocycles. The number of fused-ring (bicyclic) bond motifs is 2. The minimum Gasteiger partial charge on any atom is -0.497 e. The molecule has 262 valence electrons. The maximum Gasteiger partial charge on any atom is 0.309 e. The smallest absolute Gasteiger partial charge is 0.309 e. The summed E-state index contributed by atoms with van der Waals surface area (Å²) < 4.78 is 13.5. The zero-order valence-electron chi connectivity index (χ0n) is 29.6. The van der Waals surface area contributed by atoms with Crippen molar-refractivity contribution < 1.29 is 33.9 Å². The summed E-state index contributed by atoms with van der Waals surface area (Å²) in [7, 11) is 3.31. The molecule has 0 spiro atoms. The second kappa shape index (κ2) is 14.7. The van der Waals surface area contributed by atoms with Crippen LogP contribution in [0, 0.1) is 0 Å². The molecule has 4 aromatic rings. The van der Waals surface area contributed by atoms with Crippen molar-refractivity contribution in [2.45, 2.75) is 50.4 Å². The Bertz CT molecular complexity index is 2020. The molecule has 0 radical (unpaired) electrons. The van der Waals surface area contributed by atoms with Crippen molar-refractivity contribution >= 4 is 29.0 Å². The first-order valence-corrected chi connectivity index (χ1v) is 17.3. The van der Waals surface area contributed by atoms with Gasteiger partial charge < -0.3 is 24.6 Å². The predicted octanol–water partition coefficient (Wildman–Crippen LogP) is 7.71. The standard InChI is InChI=1S/C43H44N2O6/c1-42(28-30-12-7-5-8-13-30)34-26-32(50-3)18-20-36(34)44(24-22-40(46)47)38(42)16-11-17-39-43(2,29-31-14-9-6-10-15-31)35-27-33(51-4)19-21-37(35)45(39)25-23-41(48)49/h5-21,26-27H,22-25,28-29H2,1-4H3,(H-,46,47,48,49)/p+1. The zero-order valence-corrected chi connectivity index (χ0v) is 29.6. The monoisotopic (exact) mass is 685 g/mol. The highest BCUT2D eigenvalue weighted by Gasteiger charge is 2.48. The van der Waals surface area contributed by atoms with E-state index in [1.165, 1.54) is 0 Å². The number of nitrogens with zero attached hydrogens (tertiary/aromatic N) is 2. The fourth-order valence-electron chi connectivity index (χ4n) is 7.82. The van der Waals surface area contributed by atoms with Crippen molar-refractivity contribution in [2.24, 2.45) is 0 Å². The molecule has 0 saturated carbocycles. The van der Waals surface area contributed by atoms with Crippen molar-refractivity contribution in [3.05, 3.63) is 143 Å². The van der Waals surface area contributed by atoms with Gasteiger partial charge in [0.25, 0.3) is 0 Å². The lowest BCUT2D eigenvalue weighted by atomic mass is 9.74. The highest BCUT2D eigenvalue weighted by atomic mass is 16.5. The van der Waals surface area contributed by atoms with Gasteiger partial charge in [-0.05, 0) is 79.8 Å². The molecular weight excluding hydrogens is 640 g/mol. The van der Waals surface area contributed by atoms with E-state index in [0.29, 0.717) is 25.9 Å². The van der Waals surface area contributed by atoms with E-state index in [4.69, 9.17) is 9.47 Å². The molecule has 51 heavy (non-hydrogen) atoms. The number of hydrogen-bond acceptors (Lipinski definition) is 5. The molecule has 2 heterocycles. The second-order valence-electron chi connectivity index (χ2n) is 13.6.